The summed E-state index contributed by atoms with van der Waals surface area (Å²) in [5, 5.41) is 13.9. The lowest BCUT2D eigenvalue weighted by Gasteiger charge is -2.29. The quantitative estimate of drug-likeness (QED) is 0.0272. The van der Waals surface area contributed by atoms with E-state index in [0.29, 0.717) is 17.4 Å². The molecular weight excluding hydrogens is 888 g/mol. The molecular formula is C61H123N2O6P. The third-order valence-electron chi connectivity index (χ3n) is 14.5. The van der Waals surface area contributed by atoms with Crippen molar-refractivity contribution in [3.63, 3.8) is 0 Å². The van der Waals surface area contributed by atoms with Crippen LogP contribution in [0.25, 0.3) is 0 Å². The monoisotopic (exact) mass is 1010 g/mol. The fourth-order valence-electron chi connectivity index (χ4n) is 9.63. The summed E-state index contributed by atoms with van der Waals surface area (Å²) in [6, 6.07) is -0.882. The standard InChI is InChI=1S/C61H123N2O6P/c1-6-8-10-12-14-16-18-20-22-24-26-28-30-31-32-33-34-36-38-40-42-44-46-48-50-52-54-60(64)59(58-69-70(66,67)68-57-56-63(3,4)5)62-61(65)55-53-51-49-47-45-43-41-39-37-35-29-27-25-23-21-19-17-15-13-11-9-7-2/h52,54,59-60,64H,6-51,53,55-58H2,1-5H3,(H-,62,65,66,67)/b54-52+. The van der Waals surface area contributed by atoms with Crippen molar-refractivity contribution in [2.75, 3.05) is 40.9 Å². The van der Waals surface area contributed by atoms with Gasteiger partial charge in [0.25, 0.3) is 7.82 Å². The molecule has 0 heterocycles. The van der Waals surface area contributed by atoms with Crippen molar-refractivity contribution < 1.29 is 32.9 Å². The van der Waals surface area contributed by atoms with Gasteiger partial charge in [-0.1, -0.05) is 309 Å². The Morgan fingerprint density at radius 2 is 0.771 bits per heavy atom. The number of carbonyl (C=O) groups is 1. The molecule has 0 radical (unpaired) electrons. The molecule has 0 aliphatic heterocycles. The summed E-state index contributed by atoms with van der Waals surface area (Å²) in [6.07, 6.45) is 65.8. The number of phosphoric acid groups is 1. The number of carbonyl (C=O) groups excluding carboxylic acids is 1. The van der Waals surface area contributed by atoms with E-state index in [1.54, 1.807) is 6.08 Å². The van der Waals surface area contributed by atoms with Crippen LogP contribution in [0.1, 0.15) is 322 Å². The molecule has 0 fully saturated rings. The molecule has 0 bridgehead atoms. The summed E-state index contributed by atoms with van der Waals surface area (Å²) in [7, 11) is 1.28. The molecule has 0 aromatic heterocycles. The number of likely N-dealkylation sites (N-methyl/N-ethyl adjacent to an activating group) is 1. The van der Waals surface area contributed by atoms with E-state index in [2.05, 4.69) is 19.2 Å². The summed E-state index contributed by atoms with van der Waals surface area (Å²) < 4.78 is 23.4. The maximum absolute atomic E-state index is 13.0. The minimum absolute atomic E-state index is 0.00283. The minimum Gasteiger partial charge on any atom is -0.756 e. The van der Waals surface area contributed by atoms with E-state index in [1.807, 2.05) is 27.2 Å². The molecule has 3 atom stereocenters. The van der Waals surface area contributed by atoms with Crippen LogP contribution in [0.4, 0.5) is 0 Å². The van der Waals surface area contributed by atoms with Crippen LogP contribution >= 0.6 is 7.82 Å². The molecule has 0 rings (SSSR count). The Kier molecular flexibility index (Phi) is 52.5. The number of phosphoric ester groups is 1. The Labute approximate surface area is 437 Å². The highest BCUT2D eigenvalue weighted by Crippen LogP contribution is 2.38. The van der Waals surface area contributed by atoms with Crippen LogP contribution < -0.4 is 10.2 Å². The van der Waals surface area contributed by atoms with Crippen LogP contribution in [-0.4, -0.2) is 68.5 Å². The zero-order valence-corrected chi connectivity index (χ0v) is 48.6. The molecule has 0 saturated heterocycles. The second-order valence-corrected chi connectivity index (χ2v) is 24.2. The Hall–Kier alpha value is -0.760. The predicted octanol–water partition coefficient (Wildman–Crippen LogP) is 18.4. The van der Waals surface area contributed by atoms with Crippen molar-refractivity contribution in [1.82, 2.24) is 5.32 Å². The fourth-order valence-corrected chi connectivity index (χ4v) is 10.4. The molecule has 0 spiro atoms. The molecule has 0 saturated carbocycles. The Morgan fingerprint density at radius 3 is 1.07 bits per heavy atom. The molecule has 3 unspecified atom stereocenters. The van der Waals surface area contributed by atoms with Gasteiger partial charge in [0.2, 0.25) is 5.91 Å². The Balaban J connectivity index is 4.13. The van der Waals surface area contributed by atoms with Gasteiger partial charge < -0.3 is 28.8 Å². The smallest absolute Gasteiger partial charge is 0.268 e. The molecule has 1 amide bonds. The van der Waals surface area contributed by atoms with Crippen LogP contribution in [0.5, 0.6) is 0 Å². The third-order valence-corrected chi connectivity index (χ3v) is 15.5. The Bertz CT molecular complexity index is 1150. The largest absolute Gasteiger partial charge is 0.756 e. The topological polar surface area (TPSA) is 108 Å². The van der Waals surface area contributed by atoms with E-state index in [0.717, 1.165) is 38.5 Å². The summed E-state index contributed by atoms with van der Waals surface area (Å²) in [5.41, 5.74) is 0. The SMILES string of the molecule is CCCCCCCCCCCCCCCCCCCCCCCCCC/C=C/C(O)C(COP(=O)([O-])OCC[N+](C)(C)C)NC(=O)CCCCCCCCCCCCCCCCCCCCCCCC. The first-order valence-electron chi connectivity index (χ1n) is 31.1. The number of hydrogen-bond donors (Lipinski definition) is 2. The number of aliphatic hydroxyl groups excluding tert-OH is 1. The van der Waals surface area contributed by atoms with Crippen molar-refractivity contribution in [2.45, 2.75) is 334 Å². The highest BCUT2D eigenvalue weighted by Gasteiger charge is 2.23. The molecule has 70 heavy (non-hydrogen) atoms. The van der Waals surface area contributed by atoms with E-state index in [-0.39, 0.29) is 19.1 Å². The summed E-state index contributed by atoms with van der Waals surface area (Å²) >= 11 is 0. The number of hydrogen-bond acceptors (Lipinski definition) is 6. The molecule has 0 aromatic carbocycles. The fraction of sp³-hybridized carbons (Fsp3) is 0.951. The van der Waals surface area contributed by atoms with Gasteiger partial charge in [-0.05, 0) is 19.3 Å². The first-order valence-corrected chi connectivity index (χ1v) is 32.5. The molecule has 0 aromatic rings. The number of rotatable bonds is 58. The minimum atomic E-state index is -4.59. The number of amides is 1. The van der Waals surface area contributed by atoms with E-state index >= 15 is 0 Å². The lowest BCUT2D eigenvalue weighted by molar-refractivity contribution is -0.870. The van der Waals surface area contributed by atoms with Crippen molar-refractivity contribution in [3.8, 4) is 0 Å². The lowest BCUT2D eigenvalue weighted by atomic mass is 10.0. The molecule has 2 N–H and O–H groups in total. The van der Waals surface area contributed by atoms with Crippen LogP contribution in [0.2, 0.25) is 0 Å². The summed E-state index contributed by atoms with van der Waals surface area (Å²) in [5.74, 6) is -0.189. The highest BCUT2D eigenvalue weighted by molar-refractivity contribution is 7.45. The lowest BCUT2D eigenvalue weighted by Crippen LogP contribution is -2.45. The second-order valence-electron chi connectivity index (χ2n) is 22.8. The van der Waals surface area contributed by atoms with Crippen LogP contribution in [-0.2, 0) is 18.4 Å². The Morgan fingerprint density at radius 1 is 0.486 bits per heavy atom. The van der Waals surface area contributed by atoms with Gasteiger partial charge in [0.1, 0.15) is 13.2 Å². The number of aliphatic hydroxyl groups is 1. The normalized spacial score (nSPS) is 13.9. The molecule has 418 valence electrons. The second kappa shape index (κ2) is 53.1. The average Bonchev–Trinajstić information content (AvgIpc) is 3.32. The van der Waals surface area contributed by atoms with Crippen molar-refractivity contribution in [1.29, 1.82) is 0 Å². The van der Waals surface area contributed by atoms with E-state index < -0.39 is 20.0 Å². The van der Waals surface area contributed by atoms with Crippen molar-refractivity contribution in [2.24, 2.45) is 0 Å². The number of quaternary nitrogens is 1. The van der Waals surface area contributed by atoms with Gasteiger partial charge in [-0.15, -0.1) is 0 Å². The van der Waals surface area contributed by atoms with Gasteiger partial charge >= 0.3 is 0 Å². The number of unbranched alkanes of at least 4 members (excludes halogenated alkanes) is 45. The van der Waals surface area contributed by atoms with Gasteiger partial charge in [0.05, 0.1) is 39.9 Å². The number of allylic oxidation sites excluding steroid dienone is 1. The summed E-state index contributed by atoms with van der Waals surface area (Å²) in [6.45, 7) is 4.71. The maximum atomic E-state index is 13.0. The molecule has 0 aliphatic rings. The average molecular weight is 1010 g/mol. The van der Waals surface area contributed by atoms with Crippen LogP contribution in [0.15, 0.2) is 12.2 Å². The van der Waals surface area contributed by atoms with Gasteiger partial charge in [-0.3, -0.25) is 9.36 Å². The molecule has 8 nitrogen and oxygen atoms in total. The van der Waals surface area contributed by atoms with Gasteiger partial charge in [0, 0.05) is 6.42 Å². The van der Waals surface area contributed by atoms with E-state index in [9.17, 15) is 19.4 Å². The predicted molar refractivity (Wildman–Crippen MR) is 302 cm³/mol. The van der Waals surface area contributed by atoms with Gasteiger partial charge in [0.15, 0.2) is 0 Å². The summed E-state index contributed by atoms with van der Waals surface area (Å²) in [4.78, 5) is 25.5. The maximum Gasteiger partial charge on any atom is 0.268 e. The first kappa shape index (κ1) is 69.2. The van der Waals surface area contributed by atoms with Crippen molar-refractivity contribution >= 4 is 13.7 Å². The molecule has 0 aliphatic carbocycles. The number of nitrogens with zero attached hydrogens (tertiary/aromatic N) is 1. The first-order chi connectivity index (χ1) is 34.0. The highest BCUT2D eigenvalue weighted by atomic mass is 31.2. The van der Waals surface area contributed by atoms with E-state index in [4.69, 9.17) is 9.05 Å². The van der Waals surface area contributed by atoms with Crippen LogP contribution in [0, 0.1) is 0 Å². The van der Waals surface area contributed by atoms with Crippen molar-refractivity contribution in [3.05, 3.63) is 12.2 Å². The van der Waals surface area contributed by atoms with Gasteiger partial charge in [-0.25, -0.2) is 0 Å². The van der Waals surface area contributed by atoms with E-state index in [1.165, 1.54) is 263 Å². The molecule has 9 heteroatoms. The van der Waals surface area contributed by atoms with Crippen LogP contribution in [0.3, 0.4) is 0 Å². The number of nitrogens with one attached hydrogen (secondary N) is 1. The third kappa shape index (κ3) is 55.0. The zero-order chi connectivity index (χ0) is 51.3. The van der Waals surface area contributed by atoms with Gasteiger partial charge in [-0.2, -0.15) is 0 Å². The zero-order valence-electron chi connectivity index (χ0n) is 47.8.